The van der Waals surface area contributed by atoms with Crippen LogP contribution in [0.15, 0.2) is 89.6 Å². The molecule has 4 aromatic rings. The van der Waals surface area contributed by atoms with Gasteiger partial charge in [0.1, 0.15) is 0 Å². The van der Waals surface area contributed by atoms with Crippen LogP contribution in [0.3, 0.4) is 0 Å². The molecule has 202 valence electrons. The van der Waals surface area contributed by atoms with Gasteiger partial charge in [-0.1, -0.05) is 36.4 Å². The Morgan fingerprint density at radius 3 is 2.42 bits per heavy atom. The first-order valence-corrected chi connectivity index (χ1v) is 11.9. The molecule has 0 saturated heterocycles. The van der Waals surface area contributed by atoms with Gasteiger partial charge in [0.15, 0.2) is 17.2 Å². The Morgan fingerprint density at radius 1 is 0.950 bits per heavy atom. The number of esters is 1. The Bertz CT molecular complexity index is 1710. The number of ether oxygens (including phenoxy) is 3. The molecule has 1 aliphatic heterocycles. The van der Waals surface area contributed by atoms with Gasteiger partial charge in [-0.05, 0) is 65.7 Å². The zero-order valence-corrected chi connectivity index (χ0v) is 20.8. The van der Waals surface area contributed by atoms with E-state index >= 15 is 0 Å². The fraction of sp³-hybridized carbons (Fsp3) is 0.103. The summed E-state index contributed by atoms with van der Waals surface area (Å²) in [6, 6.07) is 19.7. The van der Waals surface area contributed by atoms with E-state index in [0.717, 1.165) is 16.8 Å². The molecule has 4 aromatic carbocycles. The molecule has 0 fully saturated rings. The van der Waals surface area contributed by atoms with Gasteiger partial charge in [0, 0.05) is 11.6 Å². The zero-order chi connectivity index (χ0) is 28.4. The molecule has 0 amide bonds. The Kier molecular flexibility index (Phi) is 6.95. The number of rotatable bonds is 7. The Labute approximate surface area is 225 Å². The molecule has 8 nitrogen and oxygen atoms in total. The highest BCUT2D eigenvalue weighted by atomic mass is 19.4. The van der Waals surface area contributed by atoms with Crippen LogP contribution in [0.1, 0.15) is 23.6 Å². The molecule has 40 heavy (non-hydrogen) atoms. The van der Waals surface area contributed by atoms with E-state index in [-0.39, 0.29) is 29.7 Å². The number of carbonyl (C=O) groups excluding carboxylic acids is 1. The second-order valence-electron chi connectivity index (χ2n) is 8.58. The minimum absolute atomic E-state index is 0.0289. The zero-order valence-electron chi connectivity index (χ0n) is 20.8. The van der Waals surface area contributed by atoms with E-state index in [1.165, 1.54) is 24.3 Å². The van der Waals surface area contributed by atoms with Gasteiger partial charge < -0.3 is 14.2 Å². The molecule has 11 heteroatoms. The largest absolute Gasteiger partial charge is 0.490 e. The van der Waals surface area contributed by atoms with E-state index in [0.29, 0.717) is 23.3 Å². The number of fused-ring (bicyclic) bond motifs is 1. The fourth-order valence-electron chi connectivity index (χ4n) is 4.02. The van der Waals surface area contributed by atoms with Crippen molar-refractivity contribution in [3.63, 3.8) is 0 Å². The SMILES string of the molecule is CCOc1cc(/C=C2\N=C(c3ccc4ccccc4c3)OC2=O)ccc1Oc1ccc(C(F)(F)F)cc1[N+](=O)[O-]. The molecule has 0 aromatic heterocycles. The monoisotopic (exact) mass is 548 g/mol. The normalized spacial score (nSPS) is 14.2. The predicted molar refractivity (Wildman–Crippen MR) is 140 cm³/mol. The van der Waals surface area contributed by atoms with Crippen LogP contribution in [0.4, 0.5) is 18.9 Å². The van der Waals surface area contributed by atoms with Crippen LogP contribution in [0.5, 0.6) is 17.2 Å². The molecule has 0 saturated carbocycles. The van der Waals surface area contributed by atoms with Crippen LogP contribution in [-0.4, -0.2) is 23.4 Å². The molecule has 5 rings (SSSR count). The molecule has 0 aliphatic carbocycles. The summed E-state index contributed by atoms with van der Waals surface area (Å²) in [6.07, 6.45) is -3.28. The maximum atomic E-state index is 13.0. The number of aliphatic imine (C=N–C) groups is 1. The van der Waals surface area contributed by atoms with Crippen molar-refractivity contribution in [1.29, 1.82) is 0 Å². The summed E-state index contributed by atoms with van der Waals surface area (Å²) in [7, 11) is 0. The van der Waals surface area contributed by atoms with Crippen LogP contribution >= 0.6 is 0 Å². The number of cyclic esters (lactones) is 1. The van der Waals surface area contributed by atoms with E-state index in [1.54, 1.807) is 13.0 Å². The lowest BCUT2D eigenvalue weighted by atomic mass is 10.1. The molecule has 0 bridgehead atoms. The minimum Gasteiger partial charge on any atom is -0.490 e. The van der Waals surface area contributed by atoms with Crippen molar-refractivity contribution in [3.8, 4) is 17.2 Å². The molecule has 1 heterocycles. The molecule has 0 atom stereocenters. The van der Waals surface area contributed by atoms with Crippen molar-refractivity contribution >= 4 is 34.4 Å². The number of benzene rings is 4. The predicted octanol–water partition coefficient (Wildman–Crippen LogP) is 7.30. The number of nitro benzene ring substituents is 1. The summed E-state index contributed by atoms with van der Waals surface area (Å²) < 4.78 is 55.7. The minimum atomic E-state index is -4.76. The Balaban J connectivity index is 1.45. The average molecular weight is 548 g/mol. The first-order chi connectivity index (χ1) is 19.1. The third-order valence-electron chi connectivity index (χ3n) is 5.89. The standard InChI is InChI=1S/C29H19F3N2O6/c1-2-38-26-14-17(7-11-25(26)39-24-12-10-21(29(30,31)32)16-23(24)34(36)37)13-22-28(35)40-27(33-22)20-9-8-18-5-3-4-6-19(18)15-20/h3-16H,2H2,1H3/b22-13-. The van der Waals surface area contributed by atoms with E-state index in [9.17, 15) is 28.1 Å². The van der Waals surface area contributed by atoms with E-state index in [4.69, 9.17) is 14.2 Å². The average Bonchev–Trinajstić information content (AvgIpc) is 3.29. The molecule has 0 unspecified atom stereocenters. The number of nitrogens with zero attached hydrogens (tertiary/aromatic N) is 2. The van der Waals surface area contributed by atoms with E-state index < -0.39 is 34.1 Å². The van der Waals surface area contributed by atoms with Gasteiger partial charge in [-0.15, -0.1) is 0 Å². The van der Waals surface area contributed by atoms with Gasteiger partial charge in [0.25, 0.3) is 0 Å². The van der Waals surface area contributed by atoms with Crippen molar-refractivity contribution in [1.82, 2.24) is 0 Å². The third kappa shape index (κ3) is 5.48. The summed E-state index contributed by atoms with van der Waals surface area (Å²) in [5.41, 5.74) is -0.878. The Morgan fingerprint density at radius 2 is 1.70 bits per heavy atom. The van der Waals surface area contributed by atoms with Crippen LogP contribution in [0, 0.1) is 10.1 Å². The highest BCUT2D eigenvalue weighted by molar-refractivity contribution is 6.13. The second-order valence-corrected chi connectivity index (χ2v) is 8.58. The fourth-order valence-corrected chi connectivity index (χ4v) is 4.02. The lowest BCUT2D eigenvalue weighted by Crippen LogP contribution is -2.06. The van der Waals surface area contributed by atoms with Crippen molar-refractivity contribution in [2.75, 3.05) is 6.61 Å². The number of halogens is 3. The summed E-state index contributed by atoms with van der Waals surface area (Å²) in [5, 5.41) is 13.4. The second kappa shape index (κ2) is 10.5. The van der Waals surface area contributed by atoms with E-state index in [1.807, 2.05) is 36.4 Å². The first-order valence-electron chi connectivity index (χ1n) is 11.9. The lowest BCUT2D eigenvalue weighted by molar-refractivity contribution is -0.385. The molecule has 0 radical (unpaired) electrons. The summed E-state index contributed by atoms with van der Waals surface area (Å²) in [4.78, 5) is 27.4. The van der Waals surface area contributed by atoms with Crippen molar-refractivity contribution < 1.29 is 37.1 Å². The summed E-state index contributed by atoms with van der Waals surface area (Å²) in [6.45, 7) is 1.89. The topological polar surface area (TPSA) is 100 Å². The Hall–Kier alpha value is -5.19. The molecule has 0 spiro atoms. The number of nitro groups is 1. The van der Waals surface area contributed by atoms with Crippen molar-refractivity contribution in [2.24, 2.45) is 4.99 Å². The van der Waals surface area contributed by atoms with Crippen LogP contribution in [-0.2, 0) is 15.7 Å². The molecular formula is C29H19F3N2O6. The van der Waals surface area contributed by atoms with Gasteiger partial charge in [-0.25, -0.2) is 9.79 Å². The quantitative estimate of drug-likeness (QED) is 0.104. The molecule has 1 aliphatic rings. The van der Waals surface area contributed by atoms with Crippen molar-refractivity contribution in [2.45, 2.75) is 13.1 Å². The van der Waals surface area contributed by atoms with Crippen LogP contribution in [0.2, 0.25) is 0 Å². The third-order valence-corrected chi connectivity index (χ3v) is 5.89. The smallest absolute Gasteiger partial charge is 0.416 e. The van der Waals surface area contributed by atoms with Crippen LogP contribution < -0.4 is 9.47 Å². The van der Waals surface area contributed by atoms with Crippen molar-refractivity contribution in [3.05, 3.63) is 111 Å². The highest BCUT2D eigenvalue weighted by Gasteiger charge is 2.33. The van der Waals surface area contributed by atoms with Gasteiger partial charge in [-0.2, -0.15) is 13.2 Å². The summed E-state index contributed by atoms with van der Waals surface area (Å²) >= 11 is 0. The maximum Gasteiger partial charge on any atom is 0.416 e. The first kappa shape index (κ1) is 26.4. The van der Waals surface area contributed by atoms with Gasteiger partial charge >= 0.3 is 17.8 Å². The molecule has 0 N–H and O–H groups in total. The lowest BCUT2D eigenvalue weighted by Gasteiger charge is -2.13. The number of hydrogen-bond donors (Lipinski definition) is 0. The van der Waals surface area contributed by atoms with Crippen LogP contribution in [0.25, 0.3) is 16.8 Å². The maximum absolute atomic E-state index is 13.0. The highest BCUT2D eigenvalue weighted by Crippen LogP contribution is 2.40. The molecular weight excluding hydrogens is 529 g/mol. The number of hydrogen-bond acceptors (Lipinski definition) is 7. The number of carbonyl (C=O) groups is 1. The van der Waals surface area contributed by atoms with Gasteiger partial charge in [0.2, 0.25) is 11.6 Å². The van der Waals surface area contributed by atoms with Gasteiger partial charge in [-0.3, -0.25) is 10.1 Å². The van der Waals surface area contributed by atoms with E-state index in [2.05, 4.69) is 4.99 Å². The van der Waals surface area contributed by atoms with Gasteiger partial charge in [0.05, 0.1) is 17.1 Å². The summed E-state index contributed by atoms with van der Waals surface area (Å²) in [5.74, 6) is -0.713. The number of alkyl halides is 3.